The van der Waals surface area contributed by atoms with Crippen LogP contribution in [-0.4, -0.2) is 75.5 Å². The maximum Gasteiger partial charge on any atom is 0.306 e. The number of hydrogen-bond donors (Lipinski definition) is 0. The molecule has 0 rings (SSSR count). The van der Waals surface area contributed by atoms with E-state index in [1.54, 1.807) is 28.1 Å². The van der Waals surface area contributed by atoms with Crippen LogP contribution in [0.3, 0.4) is 0 Å². The second kappa shape index (κ2) is 19.4. The maximum atomic E-state index is 12.2. The van der Waals surface area contributed by atoms with Gasteiger partial charge in [0.15, 0.2) is 6.10 Å². The molecule has 0 saturated heterocycles. The number of unbranched alkanes of at least 4 members (excludes halogenated alkanes) is 6. The van der Waals surface area contributed by atoms with Crippen molar-refractivity contribution in [2.24, 2.45) is 0 Å². The highest BCUT2D eigenvalue weighted by atomic mass is 16.6. The molecule has 0 aromatic heterocycles. The molecule has 0 radical (unpaired) electrons. The minimum absolute atomic E-state index is 0.0329. The van der Waals surface area contributed by atoms with E-state index in [1.807, 2.05) is 0 Å². The van der Waals surface area contributed by atoms with Crippen molar-refractivity contribution in [3.8, 4) is 0 Å². The standard InChI is InChI=1S/C26H47NO7/c1-6-8-9-10-11-12-13-14-15-16-17-25(29)34-22(21-33-24(28)7-2)20-32-19-18-23(26(30)31)27(3,4)5/h9-10,22-23H,6-8,11-21H2,1-5H3/b10-9-. The van der Waals surface area contributed by atoms with Gasteiger partial charge in [-0.15, -0.1) is 0 Å². The summed E-state index contributed by atoms with van der Waals surface area (Å²) in [5.74, 6) is -1.86. The fraction of sp³-hybridized carbons (Fsp3) is 0.808. The number of carbonyl (C=O) groups excluding carboxylic acids is 3. The number of carboxylic acid groups (broad SMARTS) is 1. The number of quaternary nitrogens is 1. The van der Waals surface area contributed by atoms with Crippen molar-refractivity contribution in [1.29, 1.82) is 0 Å². The minimum Gasteiger partial charge on any atom is -0.544 e. The summed E-state index contributed by atoms with van der Waals surface area (Å²) >= 11 is 0. The van der Waals surface area contributed by atoms with Gasteiger partial charge in [0, 0.05) is 19.3 Å². The van der Waals surface area contributed by atoms with E-state index in [1.165, 1.54) is 12.8 Å². The van der Waals surface area contributed by atoms with Gasteiger partial charge in [0.05, 0.1) is 40.3 Å². The van der Waals surface area contributed by atoms with Crippen molar-refractivity contribution in [3.63, 3.8) is 0 Å². The van der Waals surface area contributed by atoms with Crippen LogP contribution in [-0.2, 0) is 28.6 Å². The molecule has 0 fully saturated rings. The molecule has 0 saturated carbocycles. The Labute approximate surface area is 206 Å². The highest BCUT2D eigenvalue weighted by Gasteiger charge is 2.25. The molecule has 198 valence electrons. The predicted octanol–water partition coefficient (Wildman–Crippen LogP) is 3.17. The summed E-state index contributed by atoms with van der Waals surface area (Å²) in [5, 5.41) is 11.4. The summed E-state index contributed by atoms with van der Waals surface area (Å²) < 4.78 is 16.4. The SMILES string of the molecule is CCC/C=C\CCCCCCCC(=O)OC(COCCC(C(=O)[O-])[N+](C)(C)C)COC(=O)CC. The normalized spacial score (nSPS) is 13.6. The van der Waals surface area contributed by atoms with Gasteiger partial charge in [-0.2, -0.15) is 0 Å². The van der Waals surface area contributed by atoms with Gasteiger partial charge in [-0.3, -0.25) is 9.59 Å². The van der Waals surface area contributed by atoms with E-state index in [9.17, 15) is 19.5 Å². The lowest BCUT2D eigenvalue weighted by molar-refractivity contribution is -0.889. The van der Waals surface area contributed by atoms with Crippen LogP contribution in [0.1, 0.15) is 84.5 Å². The molecule has 0 heterocycles. The van der Waals surface area contributed by atoms with E-state index in [4.69, 9.17) is 14.2 Å². The summed E-state index contributed by atoms with van der Waals surface area (Å²) in [6.07, 6.45) is 13.1. The van der Waals surface area contributed by atoms with Crippen LogP contribution >= 0.6 is 0 Å². The zero-order chi connectivity index (χ0) is 25.8. The van der Waals surface area contributed by atoms with Crippen molar-refractivity contribution in [3.05, 3.63) is 12.2 Å². The van der Waals surface area contributed by atoms with Gasteiger partial charge >= 0.3 is 11.9 Å². The van der Waals surface area contributed by atoms with Gasteiger partial charge < -0.3 is 28.6 Å². The molecule has 2 unspecified atom stereocenters. The molecule has 0 aliphatic rings. The van der Waals surface area contributed by atoms with E-state index in [2.05, 4.69) is 19.1 Å². The van der Waals surface area contributed by atoms with E-state index in [0.29, 0.717) is 6.42 Å². The van der Waals surface area contributed by atoms with Crippen LogP contribution in [0.4, 0.5) is 0 Å². The van der Waals surface area contributed by atoms with Gasteiger partial charge in [-0.25, -0.2) is 0 Å². The van der Waals surface area contributed by atoms with Crippen LogP contribution in [0.5, 0.6) is 0 Å². The number of ether oxygens (including phenoxy) is 3. The van der Waals surface area contributed by atoms with Gasteiger partial charge in [-0.05, 0) is 25.7 Å². The number of rotatable bonds is 21. The molecule has 0 aliphatic carbocycles. The van der Waals surface area contributed by atoms with Crippen LogP contribution < -0.4 is 5.11 Å². The fourth-order valence-electron chi connectivity index (χ4n) is 3.34. The topological polar surface area (TPSA) is 102 Å². The van der Waals surface area contributed by atoms with Crippen LogP contribution in [0.25, 0.3) is 0 Å². The number of hydrogen-bond acceptors (Lipinski definition) is 7. The highest BCUT2D eigenvalue weighted by molar-refractivity contribution is 5.70. The fourth-order valence-corrected chi connectivity index (χ4v) is 3.34. The summed E-state index contributed by atoms with van der Waals surface area (Å²) in [7, 11) is 5.33. The second-order valence-electron chi connectivity index (χ2n) is 9.53. The molecule has 0 amide bonds. The van der Waals surface area contributed by atoms with Crippen LogP contribution in [0.15, 0.2) is 12.2 Å². The molecule has 0 aromatic carbocycles. The van der Waals surface area contributed by atoms with Gasteiger partial charge in [0.2, 0.25) is 0 Å². The molecule has 0 N–H and O–H groups in total. The first kappa shape index (κ1) is 32.1. The number of carboxylic acids is 1. The quantitative estimate of drug-likeness (QED) is 0.106. The lowest BCUT2D eigenvalue weighted by Crippen LogP contribution is -2.55. The number of allylic oxidation sites excluding steroid dienone is 2. The van der Waals surface area contributed by atoms with Crippen molar-refractivity contribution in [1.82, 2.24) is 0 Å². The largest absolute Gasteiger partial charge is 0.544 e. The lowest BCUT2D eigenvalue weighted by atomic mass is 10.1. The molecule has 34 heavy (non-hydrogen) atoms. The first-order valence-electron chi connectivity index (χ1n) is 12.7. The second-order valence-corrected chi connectivity index (χ2v) is 9.53. The third kappa shape index (κ3) is 17.5. The zero-order valence-electron chi connectivity index (χ0n) is 22.0. The minimum atomic E-state index is -1.14. The van der Waals surface area contributed by atoms with E-state index in [-0.39, 0.29) is 49.1 Å². The third-order valence-electron chi connectivity index (χ3n) is 5.44. The predicted molar refractivity (Wildman–Crippen MR) is 130 cm³/mol. The number of likely N-dealkylation sites (N-methyl/N-ethyl adjacent to an activating group) is 1. The molecule has 0 aromatic rings. The maximum absolute atomic E-state index is 12.2. The third-order valence-corrected chi connectivity index (χ3v) is 5.44. The Morgan fingerprint density at radius 2 is 1.53 bits per heavy atom. The lowest BCUT2D eigenvalue weighted by Gasteiger charge is -2.34. The summed E-state index contributed by atoms with van der Waals surface area (Å²) in [6, 6.07) is -0.716. The van der Waals surface area contributed by atoms with Gasteiger partial charge in [0.1, 0.15) is 12.6 Å². The Hall–Kier alpha value is -1.93. The Kier molecular flexibility index (Phi) is 18.3. The number of aliphatic carboxylic acids is 1. The van der Waals surface area contributed by atoms with Crippen molar-refractivity contribution >= 4 is 17.9 Å². The Morgan fingerprint density at radius 1 is 0.882 bits per heavy atom. The van der Waals surface area contributed by atoms with Crippen LogP contribution in [0, 0.1) is 0 Å². The van der Waals surface area contributed by atoms with E-state index < -0.39 is 18.1 Å². The van der Waals surface area contributed by atoms with E-state index >= 15 is 0 Å². The molecule has 0 aliphatic heterocycles. The molecule has 8 heteroatoms. The Bertz CT molecular complexity index is 598. The van der Waals surface area contributed by atoms with Crippen molar-refractivity contribution in [2.45, 2.75) is 96.6 Å². The molecule has 0 bridgehead atoms. The number of esters is 2. The number of nitrogens with zero attached hydrogens (tertiary/aromatic N) is 1. The average molecular weight is 486 g/mol. The smallest absolute Gasteiger partial charge is 0.306 e. The molecular formula is C26H47NO7. The van der Waals surface area contributed by atoms with Crippen molar-refractivity contribution < 1.29 is 38.2 Å². The van der Waals surface area contributed by atoms with E-state index in [0.717, 1.165) is 38.5 Å². The first-order valence-corrected chi connectivity index (χ1v) is 12.7. The molecule has 8 nitrogen and oxygen atoms in total. The number of carbonyl (C=O) groups is 3. The van der Waals surface area contributed by atoms with Gasteiger partial charge in [-0.1, -0.05) is 51.7 Å². The Morgan fingerprint density at radius 3 is 2.15 bits per heavy atom. The molecule has 0 spiro atoms. The zero-order valence-corrected chi connectivity index (χ0v) is 22.0. The molecule has 2 atom stereocenters. The van der Waals surface area contributed by atoms with Gasteiger partial charge in [0.25, 0.3) is 0 Å². The molecular weight excluding hydrogens is 438 g/mol. The first-order chi connectivity index (χ1) is 16.1. The summed E-state index contributed by atoms with van der Waals surface area (Å²) in [4.78, 5) is 35.1. The Balaban J connectivity index is 4.31. The summed E-state index contributed by atoms with van der Waals surface area (Å²) in [6.45, 7) is 3.97. The van der Waals surface area contributed by atoms with Crippen molar-refractivity contribution in [2.75, 3.05) is 41.0 Å². The van der Waals surface area contributed by atoms with Crippen LogP contribution in [0.2, 0.25) is 0 Å². The monoisotopic (exact) mass is 485 g/mol. The summed E-state index contributed by atoms with van der Waals surface area (Å²) in [5.41, 5.74) is 0. The average Bonchev–Trinajstić information content (AvgIpc) is 2.76. The highest BCUT2D eigenvalue weighted by Crippen LogP contribution is 2.11.